The molecule has 0 aliphatic carbocycles. The summed E-state index contributed by atoms with van der Waals surface area (Å²) in [5, 5.41) is 4.38. The summed E-state index contributed by atoms with van der Waals surface area (Å²) < 4.78 is 0. The van der Waals surface area contributed by atoms with Crippen molar-refractivity contribution < 1.29 is 0 Å². The molecule has 0 unspecified atom stereocenters. The van der Waals surface area contributed by atoms with Gasteiger partial charge in [-0.25, -0.2) is 0 Å². The molecule has 0 fully saturated rings. The van der Waals surface area contributed by atoms with E-state index < -0.39 is 0 Å². The Bertz CT molecular complexity index is 439. The van der Waals surface area contributed by atoms with Crippen LogP contribution < -0.4 is 0 Å². The number of rotatable bonds is 6. The highest BCUT2D eigenvalue weighted by atomic mass is 32.1. The molecule has 2 rings (SSSR count). The van der Waals surface area contributed by atoms with E-state index in [0.717, 1.165) is 13.1 Å². The van der Waals surface area contributed by atoms with Crippen LogP contribution in [0.3, 0.4) is 0 Å². The number of pyridine rings is 1. The zero-order chi connectivity index (χ0) is 12.8. The maximum absolute atomic E-state index is 4.20. The quantitative estimate of drug-likeness (QED) is 0.782. The molecular weight excluding hydrogens is 240 g/mol. The van der Waals surface area contributed by atoms with E-state index in [1.165, 1.54) is 17.5 Å². The van der Waals surface area contributed by atoms with Crippen molar-refractivity contribution in [2.24, 2.45) is 0 Å². The van der Waals surface area contributed by atoms with E-state index >= 15 is 0 Å². The first-order chi connectivity index (χ1) is 8.79. The summed E-state index contributed by atoms with van der Waals surface area (Å²) in [4.78, 5) is 6.71. The SMILES string of the molecule is CC[C@H](C)N(Cc1cccnc1)Cc1ccsc1. The number of hydrogen-bond acceptors (Lipinski definition) is 3. The van der Waals surface area contributed by atoms with E-state index in [1.807, 2.05) is 18.5 Å². The molecule has 1 atom stereocenters. The van der Waals surface area contributed by atoms with Gasteiger partial charge in [-0.1, -0.05) is 13.0 Å². The van der Waals surface area contributed by atoms with E-state index in [2.05, 4.69) is 46.6 Å². The Balaban J connectivity index is 2.06. The molecule has 3 heteroatoms. The number of hydrogen-bond donors (Lipinski definition) is 0. The van der Waals surface area contributed by atoms with Gasteiger partial charge in [-0.2, -0.15) is 11.3 Å². The molecule has 0 N–H and O–H groups in total. The van der Waals surface area contributed by atoms with Crippen molar-refractivity contribution in [2.75, 3.05) is 0 Å². The highest BCUT2D eigenvalue weighted by Gasteiger charge is 2.13. The first-order valence-corrected chi connectivity index (χ1v) is 7.38. The van der Waals surface area contributed by atoms with Crippen LogP contribution in [0.5, 0.6) is 0 Å². The van der Waals surface area contributed by atoms with Crippen molar-refractivity contribution in [3.63, 3.8) is 0 Å². The average molecular weight is 260 g/mol. The summed E-state index contributed by atoms with van der Waals surface area (Å²) in [5.41, 5.74) is 2.69. The predicted octanol–water partition coefficient (Wildman–Crippen LogP) is 3.94. The number of nitrogens with zero attached hydrogens (tertiary/aromatic N) is 2. The zero-order valence-corrected chi connectivity index (χ0v) is 11.9. The van der Waals surface area contributed by atoms with Crippen LogP contribution in [0.4, 0.5) is 0 Å². The van der Waals surface area contributed by atoms with Gasteiger partial charge in [0, 0.05) is 31.5 Å². The highest BCUT2D eigenvalue weighted by molar-refractivity contribution is 7.07. The predicted molar refractivity (Wildman–Crippen MR) is 77.6 cm³/mol. The van der Waals surface area contributed by atoms with Crippen molar-refractivity contribution in [1.29, 1.82) is 0 Å². The van der Waals surface area contributed by atoms with Gasteiger partial charge in [0.1, 0.15) is 0 Å². The molecule has 18 heavy (non-hydrogen) atoms. The Kier molecular flexibility index (Phi) is 4.90. The maximum atomic E-state index is 4.20. The second-order valence-electron chi connectivity index (χ2n) is 4.66. The van der Waals surface area contributed by atoms with Gasteiger partial charge in [-0.3, -0.25) is 9.88 Å². The van der Waals surface area contributed by atoms with Gasteiger partial charge in [0.15, 0.2) is 0 Å². The van der Waals surface area contributed by atoms with Crippen molar-refractivity contribution in [3.8, 4) is 0 Å². The normalized spacial score (nSPS) is 12.8. The smallest absolute Gasteiger partial charge is 0.0312 e. The van der Waals surface area contributed by atoms with Gasteiger partial charge in [-0.15, -0.1) is 0 Å². The molecule has 0 aliphatic heterocycles. The molecule has 96 valence electrons. The molecular formula is C15H20N2S. The average Bonchev–Trinajstić information content (AvgIpc) is 2.91. The largest absolute Gasteiger partial charge is 0.292 e. The van der Waals surface area contributed by atoms with Crippen LogP contribution >= 0.6 is 11.3 Å². The molecule has 0 aromatic carbocycles. The van der Waals surface area contributed by atoms with Crippen molar-refractivity contribution in [3.05, 3.63) is 52.5 Å². The molecule has 2 aromatic heterocycles. The van der Waals surface area contributed by atoms with E-state index in [0.29, 0.717) is 6.04 Å². The monoisotopic (exact) mass is 260 g/mol. The topological polar surface area (TPSA) is 16.1 Å². The minimum atomic E-state index is 0.588. The fraction of sp³-hybridized carbons (Fsp3) is 0.400. The van der Waals surface area contributed by atoms with Crippen molar-refractivity contribution in [1.82, 2.24) is 9.88 Å². The molecule has 2 heterocycles. The third-order valence-corrected chi connectivity index (χ3v) is 4.02. The van der Waals surface area contributed by atoms with E-state index in [-0.39, 0.29) is 0 Å². The molecule has 0 saturated carbocycles. The fourth-order valence-electron chi connectivity index (χ4n) is 1.97. The minimum absolute atomic E-state index is 0.588. The highest BCUT2D eigenvalue weighted by Crippen LogP contribution is 2.16. The summed E-state index contributed by atoms with van der Waals surface area (Å²) in [7, 11) is 0. The molecule has 0 aliphatic rings. The van der Waals surface area contributed by atoms with E-state index in [9.17, 15) is 0 Å². The maximum Gasteiger partial charge on any atom is 0.0312 e. The summed E-state index contributed by atoms with van der Waals surface area (Å²) >= 11 is 1.77. The van der Waals surface area contributed by atoms with Crippen LogP contribution in [-0.2, 0) is 13.1 Å². The Morgan fingerprint density at radius 3 is 2.72 bits per heavy atom. The molecule has 0 bridgehead atoms. The first-order valence-electron chi connectivity index (χ1n) is 6.43. The Morgan fingerprint density at radius 2 is 2.11 bits per heavy atom. The Morgan fingerprint density at radius 1 is 1.28 bits per heavy atom. The van der Waals surface area contributed by atoms with E-state index in [4.69, 9.17) is 0 Å². The van der Waals surface area contributed by atoms with Gasteiger partial charge < -0.3 is 0 Å². The van der Waals surface area contributed by atoms with Gasteiger partial charge in [0.25, 0.3) is 0 Å². The van der Waals surface area contributed by atoms with Crippen molar-refractivity contribution in [2.45, 2.75) is 39.4 Å². The van der Waals surface area contributed by atoms with Crippen LogP contribution in [0, 0.1) is 0 Å². The number of aromatic nitrogens is 1. The minimum Gasteiger partial charge on any atom is -0.292 e. The van der Waals surface area contributed by atoms with Gasteiger partial charge >= 0.3 is 0 Å². The molecule has 0 saturated heterocycles. The first kappa shape index (κ1) is 13.2. The second kappa shape index (κ2) is 6.66. The fourth-order valence-corrected chi connectivity index (χ4v) is 2.63. The summed E-state index contributed by atoms with van der Waals surface area (Å²) in [6.07, 6.45) is 4.96. The molecule has 2 aromatic rings. The second-order valence-corrected chi connectivity index (χ2v) is 5.44. The lowest BCUT2D eigenvalue weighted by molar-refractivity contribution is 0.186. The van der Waals surface area contributed by atoms with Gasteiger partial charge in [0.2, 0.25) is 0 Å². The Hall–Kier alpha value is -1.19. The zero-order valence-electron chi connectivity index (χ0n) is 11.0. The van der Waals surface area contributed by atoms with Crippen LogP contribution in [-0.4, -0.2) is 15.9 Å². The lowest BCUT2D eigenvalue weighted by Gasteiger charge is -2.28. The summed E-state index contributed by atoms with van der Waals surface area (Å²) in [6, 6.07) is 6.96. The molecule has 0 spiro atoms. The lowest BCUT2D eigenvalue weighted by Crippen LogP contribution is -2.31. The Labute approximate surface area is 113 Å². The number of thiophene rings is 1. The summed E-state index contributed by atoms with van der Waals surface area (Å²) in [5.74, 6) is 0. The van der Waals surface area contributed by atoms with E-state index in [1.54, 1.807) is 11.3 Å². The van der Waals surface area contributed by atoms with Gasteiger partial charge in [-0.05, 0) is 47.4 Å². The van der Waals surface area contributed by atoms with Crippen LogP contribution in [0.25, 0.3) is 0 Å². The van der Waals surface area contributed by atoms with Crippen LogP contribution in [0.1, 0.15) is 31.4 Å². The van der Waals surface area contributed by atoms with Crippen LogP contribution in [0.2, 0.25) is 0 Å². The van der Waals surface area contributed by atoms with Crippen LogP contribution in [0.15, 0.2) is 41.4 Å². The third kappa shape index (κ3) is 3.65. The molecule has 2 nitrogen and oxygen atoms in total. The van der Waals surface area contributed by atoms with Crippen molar-refractivity contribution >= 4 is 11.3 Å². The van der Waals surface area contributed by atoms with Gasteiger partial charge in [0.05, 0.1) is 0 Å². The molecule has 0 amide bonds. The third-order valence-electron chi connectivity index (χ3n) is 3.29. The molecule has 0 radical (unpaired) electrons. The lowest BCUT2D eigenvalue weighted by atomic mass is 10.1. The standard InChI is InChI=1S/C15H20N2S/c1-3-13(2)17(11-15-6-8-18-12-15)10-14-5-4-7-16-9-14/h4-9,12-13H,3,10-11H2,1-2H3/t13-/m0/s1. The summed E-state index contributed by atoms with van der Waals surface area (Å²) in [6.45, 7) is 6.53.